The lowest BCUT2D eigenvalue weighted by atomic mass is 10.1. The van der Waals surface area contributed by atoms with Crippen molar-refractivity contribution in [3.05, 3.63) is 94.5 Å². The summed E-state index contributed by atoms with van der Waals surface area (Å²) in [6, 6.07) is 21.6. The molecule has 0 saturated heterocycles. The second-order valence-corrected chi connectivity index (χ2v) is 12.2. The summed E-state index contributed by atoms with van der Waals surface area (Å²) in [6.07, 6.45) is 0.373. The lowest BCUT2D eigenvalue weighted by Gasteiger charge is -2.33. The fourth-order valence-electron chi connectivity index (χ4n) is 4.19. The van der Waals surface area contributed by atoms with Crippen LogP contribution in [-0.4, -0.2) is 43.8 Å². The summed E-state index contributed by atoms with van der Waals surface area (Å²) in [5.74, 6) is -0.750. The summed E-state index contributed by atoms with van der Waals surface area (Å²) >= 11 is 3.41. The molecule has 3 aromatic rings. The van der Waals surface area contributed by atoms with E-state index in [4.69, 9.17) is 0 Å². The summed E-state index contributed by atoms with van der Waals surface area (Å²) in [7, 11) is -4.09. The van der Waals surface area contributed by atoms with Crippen LogP contribution in [0, 0.1) is 6.92 Å². The van der Waals surface area contributed by atoms with Gasteiger partial charge in [-0.1, -0.05) is 76.9 Å². The molecule has 0 saturated carbocycles. The highest BCUT2D eigenvalue weighted by Gasteiger charge is 2.33. The number of aryl methyl sites for hydroxylation is 1. The number of carbonyl (C=O) groups is 2. The number of rotatable bonds is 11. The predicted octanol–water partition coefficient (Wildman–Crippen LogP) is 5.28. The van der Waals surface area contributed by atoms with Gasteiger partial charge in [0.25, 0.3) is 10.0 Å². The van der Waals surface area contributed by atoms with Crippen molar-refractivity contribution < 1.29 is 18.0 Å². The zero-order valence-corrected chi connectivity index (χ0v) is 24.5. The smallest absolute Gasteiger partial charge is 0.264 e. The van der Waals surface area contributed by atoms with Crippen LogP contribution in [0.5, 0.6) is 0 Å². The number of hydrogen-bond donors (Lipinski definition) is 1. The van der Waals surface area contributed by atoms with E-state index in [1.165, 1.54) is 17.0 Å². The number of benzene rings is 3. The van der Waals surface area contributed by atoms with Gasteiger partial charge in [-0.3, -0.25) is 13.9 Å². The molecule has 0 spiro atoms. The van der Waals surface area contributed by atoms with Gasteiger partial charge in [0.15, 0.2) is 0 Å². The minimum Gasteiger partial charge on any atom is -0.352 e. The normalized spacial score (nSPS) is 12.2. The first-order chi connectivity index (χ1) is 18.0. The van der Waals surface area contributed by atoms with Crippen molar-refractivity contribution >= 4 is 43.5 Å². The van der Waals surface area contributed by atoms with Gasteiger partial charge in [-0.2, -0.15) is 0 Å². The van der Waals surface area contributed by atoms with E-state index in [-0.39, 0.29) is 23.4 Å². The van der Waals surface area contributed by atoms with Gasteiger partial charge < -0.3 is 10.2 Å². The number of hydrogen-bond acceptors (Lipinski definition) is 4. The highest BCUT2D eigenvalue weighted by Crippen LogP contribution is 2.27. The maximum atomic E-state index is 14.0. The summed E-state index contributed by atoms with van der Waals surface area (Å²) in [5.41, 5.74) is 2.22. The van der Waals surface area contributed by atoms with E-state index in [1.807, 2.05) is 52.0 Å². The highest BCUT2D eigenvalue weighted by atomic mass is 79.9. The average molecular weight is 601 g/mol. The van der Waals surface area contributed by atoms with Crippen LogP contribution < -0.4 is 9.62 Å². The van der Waals surface area contributed by atoms with Crippen LogP contribution in [0.1, 0.15) is 38.3 Å². The fourth-order valence-corrected chi connectivity index (χ4v) is 6.00. The van der Waals surface area contributed by atoms with Crippen LogP contribution in [0.4, 0.5) is 5.69 Å². The molecule has 202 valence electrons. The van der Waals surface area contributed by atoms with Crippen molar-refractivity contribution in [1.29, 1.82) is 0 Å². The van der Waals surface area contributed by atoms with E-state index in [1.54, 1.807) is 42.5 Å². The van der Waals surface area contributed by atoms with Gasteiger partial charge in [0, 0.05) is 17.1 Å². The first-order valence-corrected chi connectivity index (χ1v) is 14.7. The van der Waals surface area contributed by atoms with E-state index in [9.17, 15) is 18.0 Å². The van der Waals surface area contributed by atoms with Gasteiger partial charge in [0.05, 0.1) is 10.6 Å². The quantitative estimate of drug-likeness (QED) is 0.324. The molecule has 0 aliphatic carbocycles. The SMILES string of the molecule is CC[C@@H](C(=O)NC(C)C)N(Cc1cccc(C)c1)C(=O)CN(c1cccc(Br)c1)S(=O)(=O)c1ccccc1. The van der Waals surface area contributed by atoms with E-state index in [0.29, 0.717) is 16.6 Å². The lowest BCUT2D eigenvalue weighted by Crippen LogP contribution is -2.53. The Kier molecular flexibility index (Phi) is 10.1. The lowest BCUT2D eigenvalue weighted by molar-refractivity contribution is -0.140. The van der Waals surface area contributed by atoms with Gasteiger partial charge >= 0.3 is 0 Å². The zero-order valence-electron chi connectivity index (χ0n) is 22.1. The van der Waals surface area contributed by atoms with Gasteiger partial charge in [-0.05, 0) is 63.1 Å². The minimum atomic E-state index is -4.09. The Balaban J connectivity index is 2.06. The van der Waals surface area contributed by atoms with Crippen molar-refractivity contribution in [2.24, 2.45) is 0 Å². The Morgan fingerprint density at radius 1 is 0.947 bits per heavy atom. The third kappa shape index (κ3) is 7.45. The van der Waals surface area contributed by atoms with Crippen molar-refractivity contribution in [3.8, 4) is 0 Å². The van der Waals surface area contributed by atoms with Crippen LogP contribution in [0.2, 0.25) is 0 Å². The van der Waals surface area contributed by atoms with Crippen LogP contribution in [0.25, 0.3) is 0 Å². The number of amides is 2. The maximum Gasteiger partial charge on any atom is 0.264 e. The fraction of sp³-hybridized carbons (Fsp3) is 0.310. The second kappa shape index (κ2) is 13.1. The van der Waals surface area contributed by atoms with Crippen LogP contribution in [0.3, 0.4) is 0 Å². The summed E-state index contributed by atoms with van der Waals surface area (Å²) < 4.78 is 29.3. The molecule has 0 unspecified atom stereocenters. The van der Waals surface area contributed by atoms with Gasteiger partial charge in [0.2, 0.25) is 11.8 Å². The molecule has 0 radical (unpaired) electrons. The molecule has 0 heterocycles. The third-order valence-electron chi connectivity index (χ3n) is 5.96. The molecule has 0 bridgehead atoms. The standard InChI is InChI=1S/C29H34BrN3O4S/c1-5-27(29(35)31-21(2)3)32(19-23-12-9-11-22(4)17-23)28(34)20-33(25-14-10-13-24(30)18-25)38(36,37)26-15-7-6-8-16-26/h6-18,21,27H,5,19-20H2,1-4H3,(H,31,35)/t27-/m0/s1. The number of nitrogens with zero attached hydrogens (tertiary/aromatic N) is 2. The largest absolute Gasteiger partial charge is 0.352 e. The zero-order chi connectivity index (χ0) is 27.9. The Hall–Kier alpha value is -3.17. The van der Waals surface area contributed by atoms with E-state index >= 15 is 0 Å². The Bertz CT molecular complexity index is 1360. The van der Waals surface area contributed by atoms with Crippen molar-refractivity contribution in [1.82, 2.24) is 10.2 Å². The number of carbonyl (C=O) groups excluding carboxylic acids is 2. The molecule has 1 atom stereocenters. The summed E-state index contributed by atoms with van der Waals surface area (Å²) in [5, 5.41) is 2.90. The maximum absolute atomic E-state index is 14.0. The topological polar surface area (TPSA) is 86.8 Å². The molecule has 3 rings (SSSR count). The predicted molar refractivity (Wildman–Crippen MR) is 154 cm³/mol. The van der Waals surface area contributed by atoms with E-state index < -0.39 is 28.5 Å². The van der Waals surface area contributed by atoms with Crippen molar-refractivity contribution in [3.63, 3.8) is 0 Å². The molecular formula is C29H34BrN3O4S. The monoisotopic (exact) mass is 599 g/mol. The molecule has 0 aliphatic rings. The van der Waals surface area contributed by atoms with E-state index in [0.717, 1.165) is 15.4 Å². The van der Waals surface area contributed by atoms with Crippen LogP contribution in [0.15, 0.2) is 88.2 Å². The van der Waals surface area contributed by atoms with Crippen molar-refractivity contribution in [2.75, 3.05) is 10.8 Å². The number of anilines is 1. The molecule has 3 aromatic carbocycles. The van der Waals surface area contributed by atoms with Gasteiger partial charge in [-0.15, -0.1) is 0 Å². The first kappa shape index (κ1) is 29.4. The molecular weight excluding hydrogens is 566 g/mol. The minimum absolute atomic E-state index is 0.0719. The summed E-state index contributed by atoms with van der Waals surface area (Å²) in [6.45, 7) is 7.22. The van der Waals surface area contributed by atoms with Crippen LogP contribution >= 0.6 is 15.9 Å². The number of sulfonamides is 1. The Labute approximate surface area is 234 Å². The molecule has 38 heavy (non-hydrogen) atoms. The Morgan fingerprint density at radius 2 is 1.63 bits per heavy atom. The first-order valence-electron chi connectivity index (χ1n) is 12.5. The molecule has 9 heteroatoms. The average Bonchev–Trinajstić information content (AvgIpc) is 2.87. The second-order valence-electron chi connectivity index (χ2n) is 9.40. The number of halogens is 1. The number of nitrogens with one attached hydrogen (secondary N) is 1. The highest BCUT2D eigenvalue weighted by molar-refractivity contribution is 9.10. The molecule has 2 amide bonds. The molecule has 1 N–H and O–H groups in total. The van der Waals surface area contributed by atoms with Gasteiger partial charge in [0.1, 0.15) is 12.6 Å². The van der Waals surface area contributed by atoms with Crippen molar-refractivity contribution in [2.45, 2.75) is 57.6 Å². The molecule has 0 aliphatic heterocycles. The van der Waals surface area contributed by atoms with E-state index in [2.05, 4.69) is 21.2 Å². The Morgan fingerprint density at radius 3 is 2.24 bits per heavy atom. The molecule has 7 nitrogen and oxygen atoms in total. The summed E-state index contributed by atoms with van der Waals surface area (Å²) in [4.78, 5) is 28.7. The van der Waals surface area contributed by atoms with Crippen LogP contribution in [-0.2, 0) is 26.2 Å². The molecule has 0 aromatic heterocycles. The third-order valence-corrected chi connectivity index (χ3v) is 8.24. The van der Waals surface area contributed by atoms with Gasteiger partial charge in [-0.25, -0.2) is 8.42 Å². The molecule has 0 fully saturated rings.